The summed E-state index contributed by atoms with van der Waals surface area (Å²) in [6, 6.07) is 20.4. The van der Waals surface area contributed by atoms with Gasteiger partial charge < -0.3 is 5.11 Å². The van der Waals surface area contributed by atoms with E-state index in [1.165, 1.54) is 12.1 Å². The summed E-state index contributed by atoms with van der Waals surface area (Å²) in [5.41, 5.74) is 1.45. The Bertz CT molecular complexity index is 1320. The summed E-state index contributed by atoms with van der Waals surface area (Å²) in [6.45, 7) is 0. The summed E-state index contributed by atoms with van der Waals surface area (Å²) in [5, 5.41) is 9.78. The molecular weight excluding hydrogens is 402 g/mol. The number of rotatable bonds is 5. The number of hydrogen-bond donors (Lipinski definition) is 2. The molecule has 0 heterocycles. The Kier molecular flexibility index (Phi) is 3.96. The molecule has 2 N–H and O–H groups in total. The first-order valence-corrected chi connectivity index (χ1v) is 10.9. The molecule has 6 nitrogen and oxygen atoms in total. The van der Waals surface area contributed by atoms with Gasteiger partial charge in [-0.25, -0.2) is 8.42 Å². The van der Waals surface area contributed by atoms with E-state index in [0.29, 0.717) is 16.7 Å². The molecule has 0 spiro atoms. The highest BCUT2D eigenvalue weighted by molar-refractivity contribution is 7.89. The molecule has 1 saturated carbocycles. The molecule has 5 rings (SSSR count). The number of hydrogen-bond acceptors (Lipinski definition) is 4. The van der Waals surface area contributed by atoms with Gasteiger partial charge in [0.25, 0.3) is 0 Å². The van der Waals surface area contributed by atoms with E-state index in [9.17, 15) is 23.1 Å². The summed E-state index contributed by atoms with van der Waals surface area (Å²) < 4.78 is 28.5. The van der Waals surface area contributed by atoms with Crippen molar-refractivity contribution in [2.24, 2.45) is 0 Å². The molecule has 1 fully saturated rings. The van der Waals surface area contributed by atoms with Gasteiger partial charge in [-0.3, -0.25) is 9.59 Å². The first kappa shape index (κ1) is 18.7. The zero-order valence-electron chi connectivity index (χ0n) is 15.7. The average Bonchev–Trinajstić information content (AvgIpc) is 3.41. The topological polar surface area (TPSA) is 101 Å². The fourth-order valence-corrected chi connectivity index (χ4v) is 5.65. The van der Waals surface area contributed by atoms with Gasteiger partial charge in [0.1, 0.15) is 5.54 Å². The van der Waals surface area contributed by atoms with Gasteiger partial charge in [-0.2, -0.15) is 4.72 Å². The SMILES string of the molecule is O=C1c2ccccc2-c2ccc(S(=O)(=O)NC3(C(=O)O)C[C@H]3c3ccccc3)cc21. The molecule has 0 saturated heterocycles. The van der Waals surface area contributed by atoms with Gasteiger partial charge >= 0.3 is 5.97 Å². The molecular formula is C23H17NO5S. The number of carbonyl (C=O) groups is 2. The monoisotopic (exact) mass is 419 g/mol. The molecule has 0 bridgehead atoms. The number of fused-ring (bicyclic) bond motifs is 3. The number of ketones is 1. The van der Waals surface area contributed by atoms with Crippen LogP contribution in [0.1, 0.15) is 33.8 Å². The molecule has 0 aromatic heterocycles. The van der Waals surface area contributed by atoms with Crippen molar-refractivity contribution in [3.05, 3.63) is 89.5 Å². The largest absolute Gasteiger partial charge is 0.480 e. The van der Waals surface area contributed by atoms with Crippen LogP contribution in [0.4, 0.5) is 0 Å². The highest BCUT2D eigenvalue weighted by Crippen LogP contribution is 2.52. The minimum atomic E-state index is -4.16. The maximum absolute atomic E-state index is 13.1. The van der Waals surface area contributed by atoms with E-state index >= 15 is 0 Å². The molecule has 2 aliphatic carbocycles. The third-order valence-electron chi connectivity index (χ3n) is 5.87. The van der Waals surface area contributed by atoms with Gasteiger partial charge in [0.15, 0.2) is 5.78 Å². The smallest absolute Gasteiger partial charge is 0.325 e. The number of aliphatic carboxylic acids is 1. The van der Waals surface area contributed by atoms with E-state index in [-0.39, 0.29) is 17.1 Å². The predicted molar refractivity (Wildman–Crippen MR) is 110 cm³/mol. The third kappa shape index (κ3) is 2.70. The number of nitrogens with one attached hydrogen (secondary N) is 1. The quantitative estimate of drug-likeness (QED) is 0.517. The zero-order chi connectivity index (χ0) is 21.1. The van der Waals surface area contributed by atoms with Crippen LogP contribution in [0, 0.1) is 0 Å². The third-order valence-corrected chi connectivity index (χ3v) is 7.38. The Morgan fingerprint density at radius 2 is 1.53 bits per heavy atom. The molecule has 0 radical (unpaired) electrons. The number of sulfonamides is 1. The zero-order valence-corrected chi connectivity index (χ0v) is 16.5. The predicted octanol–water partition coefficient (Wildman–Crippen LogP) is 3.19. The molecule has 2 atom stereocenters. The van der Waals surface area contributed by atoms with E-state index < -0.39 is 27.4 Å². The van der Waals surface area contributed by atoms with Gasteiger partial charge in [-0.15, -0.1) is 0 Å². The van der Waals surface area contributed by atoms with Crippen LogP contribution in [-0.2, 0) is 14.8 Å². The highest BCUT2D eigenvalue weighted by atomic mass is 32.2. The van der Waals surface area contributed by atoms with Gasteiger partial charge in [-0.1, -0.05) is 60.7 Å². The molecule has 1 unspecified atom stereocenters. The van der Waals surface area contributed by atoms with Crippen molar-refractivity contribution >= 4 is 21.8 Å². The minimum absolute atomic E-state index is 0.123. The number of benzene rings is 3. The van der Waals surface area contributed by atoms with E-state index in [1.54, 1.807) is 42.5 Å². The van der Waals surface area contributed by atoms with Crippen molar-refractivity contribution in [3.8, 4) is 11.1 Å². The lowest BCUT2D eigenvalue weighted by Gasteiger charge is -2.16. The van der Waals surface area contributed by atoms with Gasteiger partial charge in [0.2, 0.25) is 10.0 Å². The van der Waals surface area contributed by atoms with Crippen molar-refractivity contribution < 1.29 is 23.1 Å². The first-order valence-electron chi connectivity index (χ1n) is 9.44. The standard InChI is InChI=1S/C23H17NO5S/c25-21-18-9-5-4-8-16(18)17-11-10-15(12-19(17)21)30(28,29)24-23(22(26)27)13-20(23)14-6-2-1-3-7-14/h1-12,20,24H,13H2,(H,26,27)/t20-,23?/m0/s1. The van der Waals surface area contributed by atoms with Crippen LogP contribution in [-0.4, -0.2) is 30.8 Å². The summed E-state index contributed by atoms with van der Waals surface area (Å²) in [4.78, 5) is 24.6. The maximum atomic E-state index is 13.1. The van der Waals surface area contributed by atoms with E-state index in [1.807, 2.05) is 18.2 Å². The van der Waals surface area contributed by atoms with Crippen LogP contribution >= 0.6 is 0 Å². The molecule has 0 aliphatic heterocycles. The fourth-order valence-electron chi connectivity index (χ4n) is 4.22. The average molecular weight is 419 g/mol. The number of carboxylic acid groups (broad SMARTS) is 1. The Balaban J connectivity index is 1.50. The molecule has 0 amide bonds. The summed E-state index contributed by atoms with van der Waals surface area (Å²) >= 11 is 0. The molecule has 3 aromatic rings. The van der Waals surface area contributed by atoms with Crippen molar-refractivity contribution in [1.29, 1.82) is 0 Å². The van der Waals surface area contributed by atoms with Crippen molar-refractivity contribution in [2.45, 2.75) is 22.8 Å². The summed E-state index contributed by atoms with van der Waals surface area (Å²) in [6.07, 6.45) is 0.168. The minimum Gasteiger partial charge on any atom is -0.480 e. The van der Waals surface area contributed by atoms with Crippen LogP contribution in [0.25, 0.3) is 11.1 Å². The van der Waals surface area contributed by atoms with Crippen LogP contribution in [0.5, 0.6) is 0 Å². The Morgan fingerprint density at radius 1 is 0.900 bits per heavy atom. The van der Waals surface area contributed by atoms with Crippen LogP contribution < -0.4 is 4.72 Å². The summed E-state index contributed by atoms with van der Waals surface area (Å²) in [7, 11) is -4.16. The second-order valence-corrected chi connectivity index (χ2v) is 9.31. The number of carbonyl (C=O) groups excluding carboxylic acids is 1. The summed E-state index contributed by atoms with van der Waals surface area (Å²) in [5.74, 6) is -1.91. The Morgan fingerprint density at radius 3 is 2.23 bits per heavy atom. The first-order chi connectivity index (χ1) is 14.3. The maximum Gasteiger partial charge on any atom is 0.325 e. The van der Waals surface area contributed by atoms with Gasteiger partial charge in [0.05, 0.1) is 4.90 Å². The molecule has 2 aliphatic rings. The lowest BCUT2D eigenvalue weighted by Crippen LogP contribution is -2.44. The van der Waals surface area contributed by atoms with E-state index in [4.69, 9.17) is 0 Å². The molecule has 7 heteroatoms. The lowest BCUT2D eigenvalue weighted by atomic mass is 10.1. The highest BCUT2D eigenvalue weighted by Gasteiger charge is 2.63. The molecule has 150 valence electrons. The fraction of sp³-hybridized carbons (Fsp3) is 0.130. The van der Waals surface area contributed by atoms with Crippen LogP contribution in [0.2, 0.25) is 0 Å². The van der Waals surface area contributed by atoms with Crippen LogP contribution in [0.3, 0.4) is 0 Å². The number of carboxylic acids is 1. The van der Waals surface area contributed by atoms with E-state index in [0.717, 1.165) is 11.1 Å². The Hall–Kier alpha value is -3.29. The van der Waals surface area contributed by atoms with Crippen molar-refractivity contribution in [2.75, 3.05) is 0 Å². The second kappa shape index (κ2) is 6.35. The van der Waals surface area contributed by atoms with Gasteiger partial charge in [-0.05, 0) is 35.2 Å². The van der Waals surface area contributed by atoms with Crippen molar-refractivity contribution in [1.82, 2.24) is 4.72 Å². The van der Waals surface area contributed by atoms with Crippen LogP contribution in [0.15, 0.2) is 77.7 Å². The van der Waals surface area contributed by atoms with E-state index in [2.05, 4.69) is 4.72 Å². The second-order valence-electron chi connectivity index (χ2n) is 7.63. The normalized spacial score (nSPS) is 21.7. The van der Waals surface area contributed by atoms with Gasteiger partial charge in [0, 0.05) is 17.0 Å². The van der Waals surface area contributed by atoms with Crippen molar-refractivity contribution in [3.63, 3.8) is 0 Å². The molecule has 3 aromatic carbocycles. The Labute approximate surface area is 173 Å². The molecule has 30 heavy (non-hydrogen) atoms. The lowest BCUT2D eigenvalue weighted by molar-refractivity contribution is -0.140.